The second-order valence-corrected chi connectivity index (χ2v) is 8.64. The number of halogens is 1. The summed E-state index contributed by atoms with van der Waals surface area (Å²) in [7, 11) is 0. The fraction of sp³-hybridized carbons (Fsp3) is 0.409. The van der Waals surface area contributed by atoms with Crippen molar-refractivity contribution in [3.63, 3.8) is 0 Å². The highest BCUT2D eigenvalue weighted by atomic mass is 35.5. The molecule has 0 radical (unpaired) electrons. The van der Waals surface area contributed by atoms with Gasteiger partial charge in [-0.25, -0.2) is 4.79 Å². The van der Waals surface area contributed by atoms with Crippen molar-refractivity contribution in [1.29, 1.82) is 0 Å². The number of hydrogen-bond donors (Lipinski definition) is 5. The maximum Gasteiger partial charge on any atom is 0.335 e. The van der Waals surface area contributed by atoms with Crippen LogP contribution in [0, 0.1) is 0 Å². The third-order valence-electron chi connectivity index (χ3n) is 6.25. The van der Waals surface area contributed by atoms with Gasteiger partial charge in [-0.3, -0.25) is 0 Å². The molecule has 2 saturated heterocycles. The van der Waals surface area contributed by atoms with E-state index in [0.29, 0.717) is 23.1 Å². The van der Waals surface area contributed by atoms with Gasteiger partial charge < -0.3 is 40.0 Å². The lowest BCUT2D eigenvalue weighted by molar-refractivity contribution is -0.271. The predicted molar refractivity (Wildman–Crippen MR) is 111 cm³/mol. The minimum absolute atomic E-state index is 0.0737. The molecule has 9 nitrogen and oxygen atoms in total. The molecule has 2 fully saturated rings. The Morgan fingerprint density at radius 2 is 1.62 bits per heavy atom. The number of nitrogens with one attached hydrogen (secondary N) is 1. The van der Waals surface area contributed by atoms with E-state index in [2.05, 4.69) is 5.32 Å². The summed E-state index contributed by atoms with van der Waals surface area (Å²) in [5, 5.41) is 43.4. The molecule has 5 N–H and O–H groups in total. The first-order chi connectivity index (χ1) is 15.3. The molecule has 5 rings (SSSR count). The van der Waals surface area contributed by atoms with Crippen LogP contribution < -0.4 is 14.8 Å². The Morgan fingerprint density at radius 1 is 0.969 bits per heavy atom. The van der Waals surface area contributed by atoms with Crippen molar-refractivity contribution in [3.8, 4) is 17.2 Å². The van der Waals surface area contributed by atoms with Gasteiger partial charge >= 0.3 is 5.97 Å². The Morgan fingerprint density at radius 3 is 2.31 bits per heavy atom. The number of carboxylic acid groups (broad SMARTS) is 1. The van der Waals surface area contributed by atoms with Gasteiger partial charge in [-0.1, -0.05) is 11.6 Å². The standard InChI is InChI=1S/C22H22ClNO8/c23-9-1-3-15-11(5-9)13-7-24-8-14(13)12-6-10(2-4-16(12)31-15)30-22-19(27)17(25)18(26)20(32-22)21(28)29/h1-6,13-14,17-20,22,24-27H,7-8H2,(H,28,29)/t13-,14-,17+,18+,19-,20+,22-/m1/s1. The Balaban J connectivity index is 1.45. The van der Waals surface area contributed by atoms with E-state index in [1.165, 1.54) is 0 Å². The quantitative estimate of drug-likeness (QED) is 0.454. The molecule has 3 aliphatic rings. The van der Waals surface area contributed by atoms with Gasteiger partial charge in [0.05, 0.1) is 0 Å². The molecule has 2 aromatic carbocycles. The molecular formula is C22H22ClNO8. The molecule has 170 valence electrons. The zero-order chi connectivity index (χ0) is 22.6. The van der Waals surface area contributed by atoms with Gasteiger partial charge in [-0.2, -0.15) is 0 Å². The van der Waals surface area contributed by atoms with Crippen LogP contribution >= 0.6 is 11.6 Å². The fourth-order valence-corrected chi connectivity index (χ4v) is 4.80. The van der Waals surface area contributed by atoms with Crippen LogP contribution in [0.4, 0.5) is 0 Å². The number of rotatable bonds is 3. The zero-order valence-electron chi connectivity index (χ0n) is 16.7. The largest absolute Gasteiger partial charge is 0.479 e. The lowest BCUT2D eigenvalue weighted by atomic mass is 9.84. The number of aliphatic carboxylic acids is 1. The molecule has 2 aromatic rings. The number of fused-ring (bicyclic) bond motifs is 5. The van der Waals surface area contributed by atoms with E-state index in [0.717, 1.165) is 23.4 Å². The minimum Gasteiger partial charge on any atom is -0.479 e. The van der Waals surface area contributed by atoms with Gasteiger partial charge in [0, 0.05) is 41.1 Å². The second-order valence-electron chi connectivity index (χ2n) is 8.21. The maximum atomic E-state index is 11.3. The molecule has 0 amide bonds. The third kappa shape index (κ3) is 3.61. The average Bonchev–Trinajstić information content (AvgIpc) is 3.21. The molecule has 0 unspecified atom stereocenters. The summed E-state index contributed by atoms with van der Waals surface area (Å²) in [5.41, 5.74) is 1.89. The van der Waals surface area contributed by atoms with E-state index >= 15 is 0 Å². The fourth-order valence-electron chi connectivity index (χ4n) is 4.62. The van der Waals surface area contributed by atoms with Crippen molar-refractivity contribution in [2.24, 2.45) is 0 Å². The van der Waals surface area contributed by atoms with Gasteiger partial charge in [-0.05, 0) is 36.4 Å². The highest BCUT2D eigenvalue weighted by molar-refractivity contribution is 6.30. The van der Waals surface area contributed by atoms with Crippen LogP contribution in [-0.4, -0.2) is 70.2 Å². The molecule has 10 heteroatoms. The molecule has 0 aromatic heterocycles. The molecule has 0 spiro atoms. The summed E-state index contributed by atoms with van der Waals surface area (Å²) in [6.45, 7) is 1.46. The van der Waals surface area contributed by atoms with Crippen LogP contribution in [0.5, 0.6) is 17.2 Å². The first-order valence-corrected chi connectivity index (χ1v) is 10.6. The lowest BCUT2D eigenvalue weighted by Crippen LogP contribution is -2.61. The maximum absolute atomic E-state index is 11.3. The molecule has 3 heterocycles. The first kappa shape index (κ1) is 21.4. The first-order valence-electron chi connectivity index (χ1n) is 10.2. The lowest BCUT2D eigenvalue weighted by Gasteiger charge is -2.38. The van der Waals surface area contributed by atoms with Crippen molar-refractivity contribution in [1.82, 2.24) is 5.32 Å². The van der Waals surface area contributed by atoms with Crippen molar-refractivity contribution in [3.05, 3.63) is 52.5 Å². The van der Waals surface area contributed by atoms with Gasteiger partial charge in [0.1, 0.15) is 35.6 Å². The SMILES string of the molecule is O=C(O)[C@H]1O[C@@H](Oc2ccc3c(c2)[C@H]2CNC[C@@H]2c2cc(Cl)ccc2O3)[C@H](O)[C@@H](O)[C@@H]1O. The van der Waals surface area contributed by atoms with Gasteiger partial charge in [0.15, 0.2) is 6.10 Å². The number of ether oxygens (including phenoxy) is 3. The smallest absolute Gasteiger partial charge is 0.335 e. The topological polar surface area (TPSA) is 138 Å². The molecule has 32 heavy (non-hydrogen) atoms. The number of hydrogen-bond acceptors (Lipinski definition) is 8. The molecule has 0 bridgehead atoms. The minimum atomic E-state index is -1.78. The van der Waals surface area contributed by atoms with E-state index in [4.69, 9.17) is 25.8 Å². The van der Waals surface area contributed by atoms with Crippen LogP contribution in [-0.2, 0) is 9.53 Å². The van der Waals surface area contributed by atoms with E-state index in [9.17, 15) is 25.2 Å². The second kappa shape index (κ2) is 8.18. The van der Waals surface area contributed by atoms with E-state index in [1.807, 2.05) is 12.1 Å². The van der Waals surface area contributed by atoms with E-state index < -0.39 is 36.7 Å². The number of carbonyl (C=O) groups is 1. The van der Waals surface area contributed by atoms with Crippen LogP contribution in [0.2, 0.25) is 5.02 Å². The van der Waals surface area contributed by atoms with Gasteiger partial charge in [0.25, 0.3) is 0 Å². The summed E-state index contributed by atoms with van der Waals surface area (Å²) < 4.78 is 17.1. The van der Waals surface area contributed by atoms with Crippen molar-refractivity contribution in [2.45, 2.75) is 42.5 Å². The molecule has 0 aliphatic carbocycles. The normalized spacial score (nSPS) is 33.3. The predicted octanol–water partition coefficient (Wildman–Crippen LogP) is 1.19. The molecule has 3 aliphatic heterocycles. The Labute approximate surface area is 188 Å². The van der Waals surface area contributed by atoms with E-state index in [1.54, 1.807) is 24.3 Å². The average molecular weight is 464 g/mol. The summed E-state index contributed by atoms with van der Waals surface area (Å²) >= 11 is 6.22. The number of benzene rings is 2. The van der Waals surface area contributed by atoms with Crippen molar-refractivity contribution < 1.29 is 39.4 Å². The number of aliphatic hydroxyl groups is 3. The van der Waals surface area contributed by atoms with E-state index in [-0.39, 0.29) is 11.8 Å². The summed E-state index contributed by atoms with van der Waals surface area (Å²) in [4.78, 5) is 11.3. The Hall–Kier alpha value is -2.40. The van der Waals surface area contributed by atoms with Gasteiger partial charge in [-0.15, -0.1) is 0 Å². The summed E-state index contributed by atoms with van der Waals surface area (Å²) in [6, 6.07) is 10.6. The van der Waals surface area contributed by atoms with Crippen molar-refractivity contribution >= 4 is 17.6 Å². The number of aliphatic hydroxyl groups excluding tert-OH is 3. The number of carboxylic acids is 1. The monoisotopic (exact) mass is 463 g/mol. The third-order valence-corrected chi connectivity index (χ3v) is 6.49. The van der Waals surface area contributed by atoms with Crippen molar-refractivity contribution in [2.75, 3.05) is 13.1 Å². The molecule has 7 atom stereocenters. The molecular weight excluding hydrogens is 442 g/mol. The van der Waals surface area contributed by atoms with Crippen LogP contribution in [0.3, 0.4) is 0 Å². The summed E-state index contributed by atoms with van der Waals surface area (Å²) in [6.07, 6.45) is -8.36. The highest BCUT2D eigenvalue weighted by Gasteiger charge is 2.48. The van der Waals surface area contributed by atoms with Crippen LogP contribution in [0.1, 0.15) is 23.0 Å². The van der Waals surface area contributed by atoms with Crippen LogP contribution in [0.15, 0.2) is 36.4 Å². The summed E-state index contributed by atoms with van der Waals surface area (Å²) in [5.74, 6) is 0.422. The Bertz CT molecular complexity index is 1050. The molecule has 0 saturated carbocycles. The highest BCUT2D eigenvalue weighted by Crippen LogP contribution is 2.49. The zero-order valence-corrected chi connectivity index (χ0v) is 17.5. The Kier molecular flexibility index (Phi) is 5.48. The van der Waals surface area contributed by atoms with Crippen LogP contribution in [0.25, 0.3) is 0 Å². The van der Waals surface area contributed by atoms with Gasteiger partial charge in [0.2, 0.25) is 6.29 Å².